The van der Waals surface area contributed by atoms with Gasteiger partial charge in [0, 0.05) is 7.11 Å². The van der Waals surface area contributed by atoms with Gasteiger partial charge in [0.05, 0.1) is 30.3 Å². The van der Waals surface area contributed by atoms with E-state index in [9.17, 15) is 13.2 Å². The van der Waals surface area contributed by atoms with Crippen molar-refractivity contribution >= 4 is 16.0 Å². The van der Waals surface area contributed by atoms with E-state index in [1.54, 1.807) is 7.11 Å². The highest BCUT2D eigenvalue weighted by molar-refractivity contribution is 7.89. The average Bonchev–Trinajstić information content (AvgIpc) is 2.41. The highest BCUT2D eigenvalue weighted by atomic mass is 32.2. The molecule has 0 unspecified atom stereocenters. The van der Waals surface area contributed by atoms with Crippen LogP contribution < -0.4 is 5.14 Å². The number of esters is 1. The van der Waals surface area contributed by atoms with E-state index in [1.807, 2.05) is 0 Å². The first-order valence-electron chi connectivity index (χ1n) is 5.82. The molecule has 0 aliphatic rings. The van der Waals surface area contributed by atoms with Gasteiger partial charge in [-0.3, -0.25) is 0 Å². The van der Waals surface area contributed by atoms with Crippen molar-refractivity contribution in [2.75, 3.05) is 33.5 Å². The Kier molecular flexibility index (Phi) is 6.59. The van der Waals surface area contributed by atoms with E-state index < -0.39 is 16.0 Å². The summed E-state index contributed by atoms with van der Waals surface area (Å²) in [5.74, 6) is -0.633. The number of carbonyl (C=O) groups excluding carboxylic acids is 1. The van der Waals surface area contributed by atoms with Gasteiger partial charge < -0.3 is 14.2 Å². The summed E-state index contributed by atoms with van der Waals surface area (Å²) in [6, 6.07) is 5.34. The summed E-state index contributed by atoms with van der Waals surface area (Å²) in [7, 11) is -2.28. The van der Waals surface area contributed by atoms with Crippen molar-refractivity contribution in [3.8, 4) is 0 Å². The number of hydrogen-bond acceptors (Lipinski definition) is 6. The van der Waals surface area contributed by atoms with E-state index in [2.05, 4.69) is 0 Å². The molecule has 0 bridgehead atoms. The lowest BCUT2D eigenvalue weighted by Crippen LogP contribution is -2.15. The van der Waals surface area contributed by atoms with Gasteiger partial charge in [-0.1, -0.05) is 6.07 Å². The molecular formula is C12H17NO6S. The Morgan fingerprint density at radius 3 is 2.55 bits per heavy atom. The predicted molar refractivity (Wildman–Crippen MR) is 70.8 cm³/mol. The largest absolute Gasteiger partial charge is 0.460 e. The van der Waals surface area contributed by atoms with Gasteiger partial charge in [0.15, 0.2) is 0 Å². The van der Waals surface area contributed by atoms with Crippen LogP contribution in [0.25, 0.3) is 0 Å². The Labute approximate surface area is 117 Å². The molecule has 0 saturated carbocycles. The van der Waals surface area contributed by atoms with Crippen molar-refractivity contribution in [3.63, 3.8) is 0 Å². The maximum atomic E-state index is 11.7. The fraction of sp³-hybridized carbons (Fsp3) is 0.417. The third-order valence-corrected chi connectivity index (χ3v) is 3.20. The number of hydrogen-bond donors (Lipinski definition) is 1. The van der Waals surface area contributed by atoms with Crippen LogP contribution in [0.2, 0.25) is 0 Å². The zero-order valence-electron chi connectivity index (χ0n) is 11.1. The van der Waals surface area contributed by atoms with Gasteiger partial charge in [-0.25, -0.2) is 18.4 Å². The van der Waals surface area contributed by atoms with E-state index >= 15 is 0 Å². The first-order chi connectivity index (χ1) is 9.45. The van der Waals surface area contributed by atoms with Gasteiger partial charge in [0.25, 0.3) is 0 Å². The van der Waals surface area contributed by atoms with Crippen LogP contribution in [0.1, 0.15) is 10.4 Å². The third kappa shape index (κ3) is 5.66. The van der Waals surface area contributed by atoms with E-state index in [4.69, 9.17) is 19.3 Å². The minimum absolute atomic E-state index is 0.0716. The van der Waals surface area contributed by atoms with Gasteiger partial charge >= 0.3 is 5.97 Å². The van der Waals surface area contributed by atoms with E-state index in [1.165, 1.54) is 24.3 Å². The number of primary sulfonamides is 1. The van der Waals surface area contributed by atoms with Crippen molar-refractivity contribution in [3.05, 3.63) is 29.8 Å². The number of benzene rings is 1. The zero-order chi connectivity index (χ0) is 15.0. The van der Waals surface area contributed by atoms with Crippen LogP contribution in [0.15, 0.2) is 29.2 Å². The van der Waals surface area contributed by atoms with Crippen LogP contribution in [0.4, 0.5) is 0 Å². The Bertz CT molecular complexity index is 543. The minimum atomic E-state index is -3.84. The van der Waals surface area contributed by atoms with Gasteiger partial charge in [-0.2, -0.15) is 0 Å². The quantitative estimate of drug-likeness (QED) is 0.541. The Hall–Kier alpha value is -1.48. The van der Waals surface area contributed by atoms with E-state index in [0.29, 0.717) is 13.2 Å². The van der Waals surface area contributed by atoms with Crippen molar-refractivity contribution in [1.29, 1.82) is 0 Å². The highest BCUT2D eigenvalue weighted by Gasteiger charge is 2.12. The minimum Gasteiger partial charge on any atom is -0.460 e. The smallest absolute Gasteiger partial charge is 0.338 e. The molecule has 1 aromatic rings. The SMILES string of the molecule is COCCOCCOC(=O)c1cccc(S(N)(=O)=O)c1. The fourth-order valence-corrected chi connectivity index (χ4v) is 1.88. The molecule has 0 radical (unpaired) electrons. The van der Waals surface area contributed by atoms with Crippen LogP contribution in [0.3, 0.4) is 0 Å². The van der Waals surface area contributed by atoms with Gasteiger partial charge in [0.2, 0.25) is 10.0 Å². The van der Waals surface area contributed by atoms with Crippen LogP contribution in [-0.4, -0.2) is 47.9 Å². The Morgan fingerprint density at radius 1 is 1.20 bits per heavy atom. The normalized spacial score (nSPS) is 11.3. The molecule has 112 valence electrons. The summed E-state index contributed by atoms with van der Waals surface area (Å²) >= 11 is 0. The average molecular weight is 303 g/mol. The molecule has 1 aromatic carbocycles. The molecule has 0 fully saturated rings. The molecule has 0 atom stereocenters. The lowest BCUT2D eigenvalue weighted by Gasteiger charge is -2.06. The Balaban J connectivity index is 2.48. The van der Waals surface area contributed by atoms with E-state index in [-0.39, 0.29) is 23.7 Å². The summed E-state index contributed by atoms with van der Waals surface area (Å²) in [4.78, 5) is 11.5. The molecule has 8 heteroatoms. The molecule has 0 aliphatic heterocycles. The second-order valence-corrected chi connectivity index (χ2v) is 5.38. The predicted octanol–water partition coefficient (Wildman–Crippen LogP) is 0.154. The summed E-state index contributed by atoms with van der Waals surface area (Å²) in [5, 5.41) is 4.98. The number of rotatable bonds is 8. The standard InChI is InChI=1S/C12H17NO6S/c1-17-5-6-18-7-8-19-12(14)10-3-2-4-11(9-10)20(13,15)16/h2-4,9H,5-8H2,1H3,(H2,13,15,16). The fourth-order valence-electron chi connectivity index (χ4n) is 1.32. The van der Waals surface area contributed by atoms with E-state index in [0.717, 1.165) is 0 Å². The molecule has 0 spiro atoms. The molecule has 0 amide bonds. The van der Waals surface area contributed by atoms with Crippen molar-refractivity contribution in [2.24, 2.45) is 5.14 Å². The van der Waals surface area contributed by atoms with Gasteiger partial charge in [-0.05, 0) is 18.2 Å². The Morgan fingerprint density at radius 2 is 1.90 bits per heavy atom. The topological polar surface area (TPSA) is 105 Å². The van der Waals surface area contributed by atoms with Gasteiger partial charge in [-0.15, -0.1) is 0 Å². The monoisotopic (exact) mass is 303 g/mol. The number of sulfonamides is 1. The molecule has 2 N–H and O–H groups in total. The first kappa shape index (κ1) is 16.6. The summed E-state index contributed by atoms with van der Waals surface area (Å²) < 4.78 is 37.2. The van der Waals surface area contributed by atoms with Gasteiger partial charge in [0.1, 0.15) is 6.61 Å². The zero-order valence-corrected chi connectivity index (χ0v) is 11.9. The number of methoxy groups -OCH3 is 1. The second kappa shape index (κ2) is 7.95. The van der Waals surface area contributed by atoms with Crippen molar-refractivity contribution in [1.82, 2.24) is 0 Å². The lowest BCUT2D eigenvalue weighted by atomic mass is 10.2. The third-order valence-electron chi connectivity index (χ3n) is 2.29. The molecule has 0 aromatic heterocycles. The maximum absolute atomic E-state index is 11.7. The van der Waals surface area contributed by atoms with Crippen LogP contribution in [0, 0.1) is 0 Å². The molecule has 0 heterocycles. The molecule has 0 aliphatic carbocycles. The first-order valence-corrected chi connectivity index (χ1v) is 7.36. The number of carbonyl (C=O) groups is 1. The lowest BCUT2D eigenvalue weighted by molar-refractivity contribution is 0.0213. The number of nitrogens with two attached hydrogens (primary N) is 1. The van der Waals surface area contributed by atoms with Crippen LogP contribution >= 0.6 is 0 Å². The summed E-state index contributed by atoms with van der Waals surface area (Å²) in [6.07, 6.45) is 0. The molecule has 1 rings (SSSR count). The van der Waals surface area contributed by atoms with Crippen LogP contribution in [0.5, 0.6) is 0 Å². The molecule has 0 saturated heterocycles. The maximum Gasteiger partial charge on any atom is 0.338 e. The molecule has 20 heavy (non-hydrogen) atoms. The van der Waals surface area contributed by atoms with Crippen molar-refractivity contribution < 1.29 is 27.4 Å². The summed E-state index contributed by atoms with van der Waals surface area (Å²) in [6.45, 7) is 1.19. The summed E-state index contributed by atoms with van der Waals surface area (Å²) in [5.41, 5.74) is 0.119. The molecule has 7 nitrogen and oxygen atoms in total. The molecular weight excluding hydrogens is 286 g/mol. The van der Waals surface area contributed by atoms with Crippen molar-refractivity contribution in [2.45, 2.75) is 4.90 Å². The number of ether oxygens (including phenoxy) is 3. The highest BCUT2D eigenvalue weighted by Crippen LogP contribution is 2.10. The second-order valence-electron chi connectivity index (χ2n) is 3.81. The van der Waals surface area contributed by atoms with Crippen LogP contribution in [-0.2, 0) is 24.2 Å².